The number of benzene rings is 2. The molecule has 1 aliphatic rings. The van der Waals surface area contributed by atoms with E-state index in [2.05, 4.69) is 24.4 Å². The van der Waals surface area contributed by atoms with Crippen molar-refractivity contribution in [1.29, 1.82) is 0 Å². The van der Waals surface area contributed by atoms with Crippen molar-refractivity contribution in [3.63, 3.8) is 0 Å². The third kappa shape index (κ3) is 2.36. The number of carbonyl (C=O) groups is 1. The molecule has 0 spiro atoms. The summed E-state index contributed by atoms with van der Waals surface area (Å²) in [6.07, 6.45) is 0.445. The van der Waals surface area contributed by atoms with Gasteiger partial charge in [0.2, 0.25) is 5.91 Å². The molecule has 1 amide bonds. The summed E-state index contributed by atoms with van der Waals surface area (Å²) in [5.41, 5.74) is 5.24. The van der Waals surface area contributed by atoms with Crippen LogP contribution in [0.1, 0.15) is 27.6 Å². The van der Waals surface area contributed by atoms with E-state index in [1.807, 2.05) is 30.3 Å². The highest BCUT2D eigenvalue weighted by Crippen LogP contribution is 2.33. The van der Waals surface area contributed by atoms with Crippen LogP contribution < -0.4 is 5.32 Å². The van der Waals surface area contributed by atoms with Gasteiger partial charge in [-0.25, -0.2) is 0 Å². The smallest absolute Gasteiger partial charge is 0.228 e. The Morgan fingerprint density at radius 3 is 2.74 bits per heavy atom. The predicted molar refractivity (Wildman–Crippen MR) is 77.7 cm³/mol. The average Bonchev–Trinajstić information content (AvgIpc) is 2.76. The van der Waals surface area contributed by atoms with E-state index in [0.717, 1.165) is 22.4 Å². The maximum atomic E-state index is 11.4. The zero-order valence-electron chi connectivity index (χ0n) is 10.6. The number of hydrogen-bond acceptors (Lipinski definition) is 1. The molecule has 0 aliphatic carbocycles. The third-order valence-corrected chi connectivity index (χ3v) is 3.89. The number of anilines is 1. The van der Waals surface area contributed by atoms with E-state index in [1.54, 1.807) is 0 Å². The Bertz CT molecular complexity index is 651. The van der Waals surface area contributed by atoms with Crippen LogP contribution in [0, 0.1) is 6.92 Å². The first-order valence-electron chi connectivity index (χ1n) is 6.27. The van der Waals surface area contributed by atoms with Crippen molar-refractivity contribution in [3.8, 4) is 0 Å². The molecule has 0 saturated heterocycles. The second-order valence-corrected chi connectivity index (χ2v) is 5.35. The normalized spacial score (nSPS) is 14.9. The first-order chi connectivity index (χ1) is 9.13. The number of carbonyl (C=O) groups excluding carboxylic acids is 1. The molecule has 1 unspecified atom stereocenters. The molecule has 19 heavy (non-hydrogen) atoms. The Balaban J connectivity index is 1.95. The summed E-state index contributed by atoms with van der Waals surface area (Å²) in [7, 11) is 0. The van der Waals surface area contributed by atoms with Crippen LogP contribution in [0.2, 0.25) is 0 Å². The van der Waals surface area contributed by atoms with Crippen molar-refractivity contribution in [3.05, 3.63) is 64.7 Å². The fourth-order valence-corrected chi connectivity index (χ4v) is 2.70. The van der Waals surface area contributed by atoms with Crippen LogP contribution in [0.15, 0.2) is 42.5 Å². The number of fused-ring (bicyclic) bond motifs is 1. The van der Waals surface area contributed by atoms with Crippen LogP contribution in [-0.2, 0) is 11.2 Å². The van der Waals surface area contributed by atoms with Crippen molar-refractivity contribution in [2.45, 2.75) is 18.7 Å². The molecule has 0 saturated carbocycles. The Morgan fingerprint density at radius 2 is 1.95 bits per heavy atom. The van der Waals surface area contributed by atoms with Gasteiger partial charge in [-0.3, -0.25) is 4.79 Å². The summed E-state index contributed by atoms with van der Waals surface area (Å²) in [4.78, 5) is 11.4. The molecule has 2 aromatic carbocycles. The molecule has 0 fully saturated rings. The van der Waals surface area contributed by atoms with E-state index in [9.17, 15) is 4.79 Å². The Kier molecular flexibility index (Phi) is 3.03. The van der Waals surface area contributed by atoms with Crippen molar-refractivity contribution < 1.29 is 4.79 Å². The molecular formula is C16H14ClNO. The maximum absolute atomic E-state index is 11.4. The second kappa shape index (κ2) is 4.71. The van der Waals surface area contributed by atoms with Gasteiger partial charge in [0.25, 0.3) is 0 Å². The molecule has 3 rings (SSSR count). The molecule has 0 radical (unpaired) electrons. The first kappa shape index (κ1) is 12.2. The van der Waals surface area contributed by atoms with Gasteiger partial charge in [0.1, 0.15) is 0 Å². The molecule has 1 heterocycles. The van der Waals surface area contributed by atoms with Gasteiger partial charge in [0, 0.05) is 5.69 Å². The van der Waals surface area contributed by atoms with Crippen LogP contribution in [0.4, 0.5) is 5.69 Å². The Hall–Kier alpha value is -1.80. The van der Waals surface area contributed by atoms with E-state index in [4.69, 9.17) is 11.6 Å². The van der Waals surface area contributed by atoms with E-state index in [1.165, 1.54) is 5.56 Å². The molecular weight excluding hydrogens is 258 g/mol. The standard InChI is InChI=1S/C16H14ClNO/c1-10-3-2-4-11(7-10)16(17)12-5-6-14-13(8-12)9-15(19)18-14/h2-8,16H,9H2,1H3,(H,18,19). The summed E-state index contributed by atoms with van der Waals surface area (Å²) < 4.78 is 0. The number of amides is 1. The average molecular weight is 272 g/mol. The summed E-state index contributed by atoms with van der Waals surface area (Å²) in [5, 5.41) is 2.65. The van der Waals surface area contributed by atoms with Crippen molar-refractivity contribution >= 4 is 23.2 Å². The van der Waals surface area contributed by atoms with Gasteiger partial charge in [-0.05, 0) is 29.7 Å². The molecule has 2 aromatic rings. The van der Waals surface area contributed by atoms with E-state index in [0.29, 0.717) is 6.42 Å². The molecule has 0 aromatic heterocycles. The Labute approximate surface area is 117 Å². The highest BCUT2D eigenvalue weighted by molar-refractivity contribution is 6.22. The summed E-state index contributed by atoms with van der Waals surface area (Å²) in [6, 6.07) is 14.1. The zero-order valence-corrected chi connectivity index (χ0v) is 11.4. The molecule has 1 atom stereocenters. The quantitative estimate of drug-likeness (QED) is 0.827. The number of alkyl halides is 1. The second-order valence-electron chi connectivity index (χ2n) is 4.92. The lowest BCUT2D eigenvalue weighted by Gasteiger charge is -2.12. The van der Waals surface area contributed by atoms with Gasteiger partial charge in [-0.15, -0.1) is 11.6 Å². The lowest BCUT2D eigenvalue weighted by atomic mass is 10.00. The zero-order chi connectivity index (χ0) is 13.4. The summed E-state index contributed by atoms with van der Waals surface area (Å²) in [5.74, 6) is 0.0498. The van der Waals surface area contributed by atoms with Crippen molar-refractivity contribution in [2.75, 3.05) is 5.32 Å². The molecule has 2 nitrogen and oxygen atoms in total. The number of halogens is 1. The van der Waals surface area contributed by atoms with Gasteiger partial charge >= 0.3 is 0 Å². The predicted octanol–water partition coefficient (Wildman–Crippen LogP) is 3.82. The number of nitrogens with one attached hydrogen (secondary N) is 1. The third-order valence-electron chi connectivity index (χ3n) is 3.38. The van der Waals surface area contributed by atoms with Gasteiger partial charge in [-0.1, -0.05) is 42.0 Å². The lowest BCUT2D eigenvalue weighted by molar-refractivity contribution is -0.115. The van der Waals surface area contributed by atoms with Crippen molar-refractivity contribution in [1.82, 2.24) is 0 Å². The minimum absolute atomic E-state index is 0.0498. The summed E-state index contributed by atoms with van der Waals surface area (Å²) >= 11 is 6.54. The molecule has 0 bridgehead atoms. The monoisotopic (exact) mass is 271 g/mol. The van der Waals surface area contributed by atoms with Crippen molar-refractivity contribution in [2.24, 2.45) is 0 Å². The van der Waals surface area contributed by atoms with E-state index >= 15 is 0 Å². The number of aryl methyl sites for hydroxylation is 1. The van der Waals surface area contributed by atoms with Crippen LogP contribution in [-0.4, -0.2) is 5.91 Å². The molecule has 1 N–H and O–H groups in total. The van der Waals surface area contributed by atoms with Crippen LogP contribution in [0.5, 0.6) is 0 Å². The first-order valence-corrected chi connectivity index (χ1v) is 6.70. The van der Waals surface area contributed by atoms with E-state index < -0.39 is 0 Å². The van der Waals surface area contributed by atoms with Gasteiger partial charge in [-0.2, -0.15) is 0 Å². The fraction of sp³-hybridized carbons (Fsp3) is 0.188. The van der Waals surface area contributed by atoms with E-state index in [-0.39, 0.29) is 11.3 Å². The minimum Gasteiger partial charge on any atom is -0.326 e. The van der Waals surface area contributed by atoms with Gasteiger partial charge < -0.3 is 5.32 Å². The topological polar surface area (TPSA) is 29.1 Å². The largest absolute Gasteiger partial charge is 0.326 e. The highest BCUT2D eigenvalue weighted by atomic mass is 35.5. The maximum Gasteiger partial charge on any atom is 0.228 e. The lowest BCUT2D eigenvalue weighted by Crippen LogP contribution is -2.03. The Morgan fingerprint density at radius 1 is 1.16 bits per heavy atom. The van der Waals surface area contributed by atoms with Gasteiger partial charge in [0.05, 0.1) is 11.8 Å². The SMILES string of the molecule is Cc1cccc(C(Cl)c2ccc3c(c2)CC(=O)N3)c1. The summed E-state index contributed by atoms with van der Waals surface area (Å²) in [6.45, 7) is 2.05. The van der Waals surface area contributed by atoms with Crippen LogP contribution >= 0.6 is 11.6 Å². The number of hydrogen-bond donors (Lipinski definition) is 1. The van der Waals surface area contributed by atoms with Gasteiger partial charge in [0.15, 0.2) is 0 Å². The highest BCUT2D eigenvalue weighted by Gasteiger charge is 2.19. The van der Waals surface area contributed by atoms with Crippen LogP contribution in [0.25, 0.3) is 0 Å². The molecule has 1 aliphatic heterocycles. The van der Waals surface area contributed by atoms with Crippen LogP contribution in [0.3, 0.4) is 0 Å². The molecule has 3 heteroatoms. The fourth-order valence-electron chi connectivity index (χ4n) is 2.43. The molecule has 96 valence electrons. The minimum atomic E-state index is -0.180. The number of rotatable bonds is 2.